The molecule has 28 heavy (non-hydrogen) atoms. The summed E-state index contributed by atoms with van der Waals surface area (Å²) in [5.74, 6) is -0.120. The van der Waals surface area contributed by atoms with Crippen LogP contribution in [0.5, 0.6) is 0 Å². The van der Waals surface area contributed by atoms with Crippen LogP contribution in [0.15, 0.2) is 30.3 Å². The molecule has 6 nitrogen and oxygen atoms in total. The van der Waals surface area contributed by atoms with E-state index in [1.807, 2.05) is 42.3 Å². The number of nitrogens with zero attached hydrogens (tertiary/aromatic N) is 2. The van der Waals surface area contributed by atoms with Gasteiger partial charge in [-0.05, 0) is 44.7 Å². The average molecular weight is 391 g/mol. The van der Waals surface area contributed by atoms with Crippen molar-refractivity contribution in [2.45, 2.75) is 64.8 Å². The third kappa shape index (κ3) is 6.31. The SMILES string of the molecule is CC(C)CC(C(=O)OCc1ccccc1)N(C)C[C@@H]1CCCN1C(=O)[C@H](C)O. The van der Waals surface area contributed by atoms with E-state index in [-0.39, 0.29) is 30.6 Å². The summed E-state index contributed by atoms with van der Waals surface area (Å²) in [6.07, 6.45) is 1.51. The number of likely N-dealkylation sites (N-methyl/N-ethyl adjacent to an activating group) is 1. The number of aliphatic hydroxyl groups excluding tert-OH is 1. The van der Waals surface area contributed by atoms with Gasteiger partial charge in [-0.2, -0.15) is 0 Å². The van der Waals surface area contributed by atoms with E-state index in [1.165, 1.54) is 6.92 Å². The van der Waals surface area contributed by atoms with Crippen LogP contribution < -0.4 is 0 Å². The topological polar surface area (TPSA) is 70.1 Å². The lowest BCUT2D eigenvalue weighted by Crippen LogP contribution is -2.49. The van der Waals surface area contributed by atoms with Gasteiger partial charge in [0.25, 0.3) is 5.91 Å². The van der Waals surface area contributed by atoms with E-state index in [4.69, 9.17) is 4.74 Å². The number of hydrogen-bond acceptors (Lipinski definition) is 5. The Kier molecular flexibility index (Phi) is 8.45. The minimum Gasteiger partial charge on any atom is -0.460 e. The molecule has 1 amide bonds. The first kappa shape index (κ1) is 22.4. The average Bonchev–Trinajstić information content (AvgIpc) is 3.12. The van der Waals surface area contributed by atoms with Crippen LogP contribution in [-0.4, -0.2) is 65.1 Å². The molecule has 156 valence electrons. The molecule has 0 saturated carbocycles. The largest absolute Gasteiger partial charge is 0.460 e. The van der Waals surface area contributed by atoms with Crippen molar-refractivity contribution in [3.05, 3.63) is 35.9 Å². The highest BCUT2D eigenvalue weighted by Gasteiger charge is 2.34. The minimum atomic E-state index is -0.992. The second kappa shape index (κ2) is 10.6. The highest BCUT2D eigenvalue weighted by molar-refractivity contribution is 5.81. The van der Waals surface area contributed by atoms with Gasteiger partial charge >= 0.3 is 5.97 Å². The van der Waals surface area contributed by atoms with Crippen molar-refractivity contribution in [3.8, 4) is 0 Å². The summed E-state index contributed by atoms with van der Waals surface area (Å²) in [4.78, 5) is 28.8. The van der Waals surface area contributed by atoms with Crippen molar-refractivity contribution < 1.29 is 19.4 Å². The molecule has 0 spiro atoms. The van der Waals surface area contributed by atoms with Gasteiger partial charge < -0.3 is 14.7 Å². The Morgan fingerprint density at radius 3 is 2.54 bits per heavy atom. The fourth-order valence-corrected chi connectivity index (χ4v) is 3.74. The molecule has 6 heteroatoms. The Hall–Kier alpha value is -1.92. The normalized spacial score (nSPS) is 19.1. The van der Waals surface area contributed by atoms with Gasteiger partial charge in [0.2, 0.25) is 0 Å². The van der Waals surface area contributed by atoms with E-state index in [9.17, 15) is 14.7 Å². The molecule has 0 aromatic heterocycles. The van der Waals surface area contributed by atoms with Crippen LogP contribution in [0.1, 0.15) is 45.6 Å². The van der Waals surface area contributed by atoms with Crippen molar-refractivity contribution in [1.82, 2.24) is 9.80 Å². The summed E-state index contributed by atoms with van der Waals surface area (Å²) in [7, 11) is 1.92. The van der Waals surface area contributed by atoms with Crippen LogP contribution in [0.25, 0.3) is 0 Å². The smallest absolute Gasteiger partial charge is 0.323 e. The molecular weight excluding hydrogens is 356 g/mol. The van der Waals surface area contributed by atoms with Gasteiger partial charge in [-0.3, -0.25) is 14.5 Å². The standard InChI is InChI=1S/C22H34N2O4/c1-16(2)13-20(22(27)28-15-18-9-6-5-7-10-18)23(4)14-19-11-8-12-24(19)21(26)17(3)25/h5-7,9-10,16-17,19-20,25H,8,11-15H2,1-4H3/t17-,19-,20?/m0/s1. The second-order valence-corrected chi connectivity index (χ2v) is 8.18. The maximum absolute atomic E-state index is 12.8. The zero-order valence-electron chi connectivity index (χ0n) is 17.5. The van der Waals surface area contributed by atoms with Gasteiger partial charge in [-0.15, -0.1) is 0 Å². The summed E-state index contributed by atoms with van der Waals surface area (Å²) in [6.45, 7) is 7.20. The lowest BCUT2D eigenvalue weighted by molar-refractivity contribution is -0.152. The summed E-state index contributed by atoms with van der Waals surface area (Å²) >= 11 is 0. The molecule has 2 rings (SSSR count). The molecule has 1 aromatic carbocycles. The van der Waals surface area contributed by atoms with Gasteiger partial charge in [0.15, 0.2) is 0 Å². The predicted molar refractivity (Wildman–Crippen MR) is 109 cm³/mol. The van der Waals surface area contributed by atoms with E-state index < -0.39 is 6.10 Å². The number of carbonyl (C=O) groups is 2. The molecule has 1 heterocycles. The van der Waals surface area contributed by atoms with Crippen LogP contribution in [0.3, 0.4) is 0 Å². The molecule has 0 aliphatic carbocycles. The van der Waals surface area contributed by atoms with Crippen LogP contribution >= 0.6 is 0 Å². The number of esters is 1. The fraction of sp³-hybridized carbons (Fsp3) is 0.636. The van der Waals surface area contributed by atoms with Gasteiger partial charge in [0.05, 0.1) is 0 Å². The van der Waals surface area contributed by atoms with Crippen molar-refractivity contribution in [2.24, 2.45) is 5.92 Å². The Morgan fingerprint density at radius 1 is 1.25 bits per heavy atom. The van der Waals surface area contributed by atoms with Crippen LogP contribution in [-0.2, 0) is 20.9 Å². The quantitative estimate of drug-likeness (QED) is 0.656. The Balaban J connectivity index is 2.00. The van der Waals surface area contributed by atoms with E-state index in [1.54, 1.807) is 4.90 Å². The first-order chi connectivity index (χ1) is 13.3. The van der Waals surface area contributed by atoms with Crippen molar-refractivity contribution in [2.75, 3.05) is 20.1 Å². The molecule has 1 aliphatic heterocycles. The molecular formula is C22H34N2O4. The third-order valence-corrected chi connectivity index (χ3v) is 5.24. The Morgan fingerprint density at radius 2 is 1.93 bits per heavy atom. The van der Waals surface area contributed by atoms with Gasteiger partial charge in [0.1, 0.15) is 18.8 Å². The van der Waals surface area contributed by atoms with E-state index in [0.717, 1.165) is 18.4 Å². The summed E-state index contributed by atoms with van der Waals surface area (Å²) in [5, 5.41) is 9.65. The zero-order chi connectivity index (χ0) is 20.7. The molecule has 1 aliphatic rings. The molecule has 1 fully saturated rings. The van der Waals surface area contributed by atoms with E-state index in [0.29, 0.717) is 25.4 Å². The zero-order valence-corrected chi connectivity index (χ0v) is 17.5. The lowest BCUT2D eigenvalue weighted by Gasteiger charge is -2.33. The van der Waals surface area contributed by atoms with Crippen LogP contribution in [0, 0.1) is 5.92 Å². The number of rotatable bonds is 9. The van der Waals surface area contributed by atoms with Crippen molar-refractivity contribution in [1.29, 1.82) is 0 Å². The molecule has 1 unspecified atom stereocenters. The molecule has 0 bridgehead atoms. The van der Waals surface area contributed by atoms with Crippen molar-refractivity contribution >= 4 is 11.9 Å². The molecule has 0 radical (unpaired) electrons. The second-order valence-electron chi connectivity index (χ2n) is 8.18. The van der Waals surface area contributed by atoms with Crippen LogP contribution in [0.2, 0.25) is 0 Å². The maximum atomic E-state index is 12.8. The number of ether oxygens (including phenoxy) is 1. The number of likely N-dealkylation sites (tertiary alicyclic amines) is 1. The predicted octanol–water partition coefficient (Wildman–Crippen LogP) is 2.45. The first-order valence-corrected chi connectivity index (χ1v) is 10.2. The summed E-state index contributed by atoms with van der Waals surface area (Å²) in [6, 6.07) is 9.32. The maximum Gasteiger partial charge on any atom is 0.323 e. The lowest BCUT2D eigenvalue weighted by atomic mass is 10.0. The number of carbonyl (C=O) groups excluding carboxylic acids is 2. The summed E-state index contributed by atoms with van der Waals surface area (Å²) in [5.41, 5.74) is 0.964. The Bertz CT molecular complexity index is 633. The molecule has 1 N–H and O–H groups in total. The van der Waals surface area contributed by atoms with Gasteiger partial charge in [0, 0.05) is 19.1 Å². The number of benzene rings is 1. The number of aliphatic hydroxyl groups is 1. The van der Waals surface area contributed by atoms with E-state index in [2.05, 4.69) is 13.8 Å². The minimum absolute atomic E-state index is 0.0173. The van der Waals surface area contributed by atoms with Gasteiger partial charge in [-0.25, -0.2) is 0 Å². The first-order valence-electron chi connectivity index (χ1n) is 10.2. The number of hydrogen-bond donors (Lipinski definition) is 1. The highest BCUT2D eigenvalue weighted by Crippen LogP contribution is 2.21. The molecule has 1 aromatic rings. The molecule has 1 saturated heterocycles. The fourth-order valence-electron chi connectivity index (χ4n) is 3.74. The Labute approximate surface area is 168 Å². The summed E-state index contributed by atoms with van der Waals surface area (Å²) < 4.78 is 5.59. The van der Waals surface area contributed by atoms with Gasteiger partial charge in [-0.1, -0.05) is 44.2 Å². The van der Waals surface area contributed by atoms with Crippen molar-refractivity contribution in [3.63, 3.8) is 0 Å². The third-order valence-electron chi connectivity index (χ3n) is 5.24. The number of amides is 1. The van der Waals surface area contributed by atoms with E-state index >= 15 is 0 Å². The molecule has 3 atom stereocenters. The highest BCUT2D eigenvalue weighted by atomic mass is 16.5. The van der Waals surface area contributed by atoms with Crippen LogP contribution in [0.4, 0.5) is 0 Å². The monoisotopic (exact) mass is 390 g/mol.